The topological polar surface area (TPSA) is 75.6 Å². The molecule has 0 unspecified atom stereocenters. The van der Waals surface area contributed by atoms with Gasteiger partial charge in [0, 0.05) is 5.02 Å². The maximum absolute atomic E-state index is 11.9. The van der Waals surface area contributed by atoms with Gasteiger partial charge in [0.25, 0.3) is 0 Å². The summed E-state index contributed by atoms with van der Waals surface area (Å²) in [7, 11) is 0. The van der Waals surface area contributed by atoms with Gasteiger partial charge in [-0.05, 0) is 43.3 Å². The van der Waals surface area contributed by atoms with Crippen molar-refractivity contribution in [2.75, 3.05) is 11.9 Å². The molecule has 6 heteroatoms. The number of carbonyl (C=O) groups is 2. The summed E-state index contributed by atoms with van der Waals surface area (Å²) in [6, 6.07) is 11.7. The van der Waals surface area contributed by atoms with E-state index in [1.54, 1.807) is 43.3 Å². The molecule has 120 valence electrons. The Balaban J connectivity index is 1.90. The SMILES string of the molecule is Cc1ccc(NC(=O)CCOc2ccc(Cl)cc2)c(C(=O)O)c1. The van der Waals surface area contributed by atoms with Crippen molar-refractivity contribution in [3.63, 3.8) is 0 Å². The van der Waals surface area contributed by atoms with Gasteiger partial charge in [-0.15, -0.1) is 0 Å². The Labute approximate surface area is 138 Å². The van der Waals surface area contributed by atoms with Crippen molar-refractivity contribution in [2.45, 2.75) is 13.3 Å². The molecule has 0 spiro atoms. The maximum atomic E-state index is 11.9. The average molecular weight is 334 g/mol. The van der Waals surface area contributed by atoms with Gasteiger partial charge >= 0.3 is 5.97 Å². The minimum Gasteiger partial charge on any atom is -0.493 e. The molecule has 5 nitrogen and oxygen atoms in total. The van der Waals surface area contributed by atoms with Crippen molar-refractivity contribution >= 4 is 29.2 Å². The maximum Gasteiger partial charge on any atom is 0.337 e. The summed E-state index contributed by atoms with van der Waals surface area (Å²) in [6.07, 6.45) is 0.107. The third kappa shape index (κ3) is 5.00. The molecule has 0 bridgehead atoms. The van der Waals surface area contributed by atoms with E-state index >= 15 is 0 Å². The highest BCUT2D eigenvalue weighted by Crippen LogP contribution is 2.18. The standard InChI is InChI=1S/C17H16ClNO4/c1-11-2-7-15(14(10-11)17(21)22)19-16(20)8-9-23-13-5-3-12(18)4-6-13/h2-7,10H,8-9H2,1H3,(H,19,20)(H,21,22). The molecule has 0 saturated carbocycles. The molecule has 0 fully saturated rings. The number of anilines is 1. The van der Waals surface area contributed by atoms with Crippen LogP contribution in [0, 0.1) is 6.92 Å². The Kier molecular flexibility index (Phi) is 5.60. The molecule has 23 heavy (non-hydrogen) atoms. The number of hydrogen-bond donors (Lipinski definition) is 2. The first-order valence-corrected chi connectivity index (χ1v) is 7.35. The van der Waals surface area contributed by atoms with Crippen LogP contribution in [0.3, 0.4) is 0 Å². The van der Waals surface area contributed by atoms with E-state index in [1.165, 1.54) is 6.07 Å². The first-order chi connectivity index (χ1) is 11.0. The van der Waals surface area contributed by atoms with Gasteiger partial charge in [-0.3, -0.25) is 4.79 Å². The van der Waals surface area contributed by atoms with Crippen LogP contribution in [-0.4, -0.2) is 23.6 Å². The minimum absolute atomic E-state index is 0.0666. The quantitative estimate of drug-likeness (QED) is 0.844. The highest BCUT2D eigenvalue weighted by Gasteiger charge is 2.12. The Morgan fingerprint density at radius 2 is 1.87 bits per heavy atom. The number of rotatable bonds is 6. The lowest BCUT2D eigenvalue weighted by Crippen LogP contribution is -2.17. The molecule has 2 aromatic carbocycles. The largest absolute Gasteiger partial charge is 0.493 e. The summed E-state index contributed by atoms with van der Waals surface area (Å²) in [5.41, 5.74) is 1.16. The van der Waals surface area contributed by atoms with E-state index in [4.69, 9.17) is 21.4 Å². The first-order valence-electron chi connectivity index (χ1n) is 6.98. The van der Waals surface area contributed by atoms with E-state index in [0.29, 0.717) is 10.8 Å². The van der Waals surface area contributed by atoms with Gasteiger partial charge in [0.05, 0.1) is 24.3 Å². The van der Waals surface area contributed by atoms with Crippen molar-refractivity contribution in [2.24, 2.45) is 0 Å². The molecule has 2 rings (SSSR count). The number of aryl methyl sites for hydroxylation is 1. The van der Waals surface area contributed by atoms with Gasteiger partial charge in [0.1, 0.15) is 5.75 Å². The summed E-state index contributed by atoms with van der Waals surface area (Å²) in [5, 5.41) is 12.4. The van der Waals surface area contributed by atoms with Crippen LogP contribution in [0.1, 0.15) is 22.3 Å². The number of carbonyl (C=O) groups excluding carboxylic acids is 1. The van der Waals surface area contributed by atoms with E-state index in [2.05, 4.69) is 5.32 Å². The second-order valence-electron chi connectivity index (χ2n) is 4.95. The highest BCUT2D eigenvalue weighted by molar-refractivity contribution is 6.30. The monoisotopic (exact) mass is 333 g/mol. The molecule has 0 aliphatic heterocycles. The van der Waals surface area contributed by atoms with E-state index in [-0.39, 0.29) is 30.2 Å². The number of aromatic carboxylic acids is 1. The average Bonchev–Trinajstić information content (AvgIpc) is 2.51. The minimum atomic E-state index is -1.08. The number of halogens is 1. The fourth-order valence-electron chi connectivity index (χ4n) is 1.95. The van der Waals surface area contributed by atoms with Crippen molar-refractivity contribution in [3.8, 4) is 5.75 Å². The lowest BCUT2D eigenvalue weighted by atomic mass is 10.1. The molecule has 0 heterocycles. The van der Waals surface area contributed by atoms with Gasteiger partial charge in [-0.25, -0.2) is 4.79 Å². The van der Waals surface area contributed by atoms with Crippen LogP contribution >= 0.6 is 11.6 Å². The second-order valence-corrected chi connectivity index (χ2v) is 5.39. The van der Waals surface area contributed by atoms with Crippen LogP contribution < -0.4 is 10.1 Å². The number of hydrogen-bond acceptors (Lipinski definition) is 3. The highest BCUT2D eigenvalue weighted by atomic mass is 35.5. The molecule has 0 aliphatic rings. The van der Waals surface area contributed by atoms with Gasteiger partial charge in [0.15, 0.2) is 0 Å². The van der Waals surface area contributed by atoms with E-state index < -0.39 is 5.97 Å². The lowest BCUT2D eigenvalue weighted by Gasteiger charge is -2.10. The van der Waals surface area contributed by atoms with Crippen molar-refractivity contribution in [1.29, 1.82) is 0 Å². The smallest absolute Gasteiger partial charge is 0.337 e. The fraction of sp³-hybridized carbons (Fsp3) is 0.176. The summed E-state index contributed by atoms with van der Waals surface area (Å²) in [4.78, 5) is 23.1. The van der Waals surface area contributed by atoms with Gasteiger partial charge in [-0.2, -0.15) is 0 Å². The van der Waals surface area contributed by atoms with Crippen LogP contribution in [0.5, 0.6) is 5.75 Å². The summed E-state index contributed by atoms with van der Waals surface area (Å²) >= 11 is 5.77. The van der Waals surface area contributed by atoms with Crippen LogP contribution in [-0.2, 0) is 4.79 Å². The third-order valence-corrected chi connectivity index (χ3v) is 3.34. The molecule has 2 aromatic rings. The zero-order valence-electron chi connectivity index (χ0n) is 12.5. The summed E-state index contributed by atoms with van der Waals surface area (Å²) in [5.74, 6) is -0.782. The zero-order chi connectivity index (χ0) is 16.8. The third-order valence-electron chi connectivity index (χ3n) is 3.09. The Morgan fingerprint density at radius 3 is 2.52 bits per heavy atom. The van der Waals surface area contributed by atoms with Crippen molar-refractivity contribution in [1.82, 2.24) is 0 Å². The molecule has 0 aromatic heterocycles. The van der Waals surface area contributed by atoms with Crippen molar-refractivity contribution in [3.05, 3.63) is 58.6 Å². The summed E-state index contributed by atoms with van der Waals surface area (Å²) in [6.45, 7) is 1.97. The van der Waals surface area contributed by atoms with Gasteiger partial charge in [0.2, 0.25) is 5.91 Å². The number of nitrogens with one attached hydrogen (secondary N) is 1. The van der Waals surface area contributed by atoms with Crippen LogP contribution in [0.4, 0.5) is 5.69 Å². The molecular formula is C17H16ClNO4. The van der Waals surface area contributed by atoms with Crippen LogP contribution in [0.2, 0.25) is 5.02 Å². The molecule has 0 aliphatic carbocycles. The van der Waals surface area contributed by atoms with Gasteiger partial charge < -0.3 is 15.2 Å². The Bertz CT molecular complexity index is 713. The number of amides is 1. The number of carboxylic acid groups (broad SMARTS) is 1. The molecule has 0 radical (unpaired) electrons. The zero-order valence-corrected chi connectivity index (χ0v) is 13.3. The van der Waals surface area contributed by atoms with Crippen LogP contribution in [0.25, 0.3) is 0 Å². The van der Waals surface area contributed by atoms with E-state index in [0.717, 1.165) is 5.56 Å². The normalized spacial score (nSPS) is 10.2. The number of benzene rings is 2. The molecule has 2 N–H and O–H groups in total. The molecular weight excluding hydrogens is 318 g/mol. The fourth-order valence-corrected chi connectivity index (χ4v) is 2.08. The number of carboxylic acids is 1. The molecule has 0 saturated heterocycles. The number of ether oxygens (including phenoxy) is 1. The molecule has 0 atom stereocenters. The molecule has 1 amide bonds. The van der Waals surface area contributed by atoms with Crippen LogP contribution in [0.15, 0.2) is 42.5 Å². The Morgan fingerprint density at radius 1 is 1.17 bits per heavy atom. The predicted molar refractivity (Wildman–Crippen MR) is 88.3 cm³/mol. The predicted octanol–water partition coefficient (Wildman–Crippen LogP) is 3.75. The van der Waals surface area contributed by atoms with Gasteiger partial charge in [-0.1, -0.05) is 23.2 Å². The second kappa shape index (κ2) is 7.65. The first kappa shape index (κ1) is 16.8. The lowest BCUT2D eigenvalue weighted by molar-refractivity contribution is -0.116. The summed E-state index contributed by atoms with van der Waals surface area (Å²) < 4.78 is 5.43. The van der Waals surface area contributed by atoms with E-state index in [1.807, 2.05) is 0 Å². The van der Waals surface area contributed by atoms with E-state index in [9.17, 15) is 9.59 Å². The Hall–Kier alpha value is -2.53. The van der Waals surface area contributed by atoms with Crippen molar-refractivity contribution < 1.29 is 19.4 Å².